The molecule has 22 heavy (non-hydrogen) atoms. The molecule has 2 fully saturated rings. The molecule has 0 bridgehead atoms. The lowest BCUT2D eigenvalue weighted by Gasteiger charge is -2.39. The summed E-state index contributed by atoms with van der Waals surface area (Å²) in [5.41, 5.74) is 1.28. The number of piperidine rings is 1. The van der Waals surface area contributed by atoms with Crippen molar-refractivity contribution in [2.45, 2.75) is 44.4 Å². The highest BCUT2D eigenvalue weighted by Crippen LogP contribution is 2.36. The van der Waals surface area contributed by atoms with Crippen LogP contribution in [0.2, 0.25) is 0 Å². The summed E-state index contributed by atoms with van der Waals surface area (Å²) in [4.78, 5) is 11.0. The minimum atomic E-state index is 0.252. The van der Waals surface area contributed by atoms with E-state index in [9.17, 15) is 0 Å². The molecule has 2 saturated heterocycles. The first-order valence-electron chi connectivity index (χ1n) is 7.84. The Kier molecular flexibility index (Phi) is 3.63. The molecule has 2 aromatic heterocycles. The fourth-order valence-electron chi connectivity index (χ4n) is 3.62. The Morgan fingerprint density at radius 3 is 2.95 bits per heavy atom. The van der Waals surface area contributed by atoms with Crippen LogP contribution in [-0.4, -0.2) is 45.3 Å². The largest absolute Gasteiger partial charge is 0.377 e. The molecule has 6 nitrogen and oxygen atoms in total. The third kappa shape index (κ3) is 2.64. The maximum Gasteiger partial charge on any atom is 0.231 e. The number of aromatic nitrogens is 3. The Morgan fingerprint density at radius 2 is 2.18 bits per heavy atom. The van der Waals surface area contributed by atoms with E-state index in [-0.39, 0.29) is 12.0 Å². The van der Waals surface area contributed by atoms with Gasteiger partial charge in [-0.3, -0.25) is 9.88 Å². The molecule has 116 valence electrons. The zero-order valence-corrected chi connectivity index (χ0v) is 12.7. The van der Waals surface area contributed by atoms with Crippen molar-refractivity contribution in [1.82, 2.24) is 20.0 Å². The van der Waals surface area contributed by atoms with Crippen LogP contribution in [0.15, 0.2) is 29.0 Å². The van der Waals surface area contributed by atoms with Gasteiger partial charge in [-0.25, -0.2) is 0 Å². The molecule has 3 atom stereocenters. The SMILES string of the molecule is Cc1noc([C@H]2C[C@H]3OCC[C@H]3N(Cc3ccncc3)C2)n1. The Balaban J connectivity index is 1.55. The van der Waals surface area contributed by atoms with Gasteiger partial charge in [-0.1, -0.05) is 5.16 Å². The maximum absolute atomic E-state index is 5.94. The number of nitrogens with zero attached hydrogens (tertiary/aromatic N) is 4. The Bertz CT molecular complexity index is 630. The number of hydrogen-bond donors (Lipinski definition) is 0. The average Bonchev–Trinajstić information content (AvgIpc) is 3.17. The summed E-state index contributed by atoms with van der Waals surface area (Å²) in [5, 5.41) is 3.93. The van der Waals surface area contributed by atoms with Crippen LogP contribution in [-0.2, 0) is 11.3 Å². The van der Waals surface area contributed by atoms with E-state index in [1.807, 2.05) is 19.3 Å². The predicted octanol–water partition coefficient (Wildman–Crippen LogP) is 1.92. The molecule has 4 heterocycles. The van der Waals surface area contributed by atoms with Gasteiger partial charge in [-0.2, -0.15) is 4.98 Å². The molecule has 0 amide bonds. The van der Waals surface area contributed by atoms with E-state index in [0.29, 0.717) is 11.9 Å². The first kappa shape index (κ1) is 13.8. The second-order valence-corrected chi connectivity index (χ2v) is 6.16. The second kappa shape index (κ2) is 5.78. The summed E-state index contributed by atoms with van der Waals surface area (Å²) >= 11 is 0. The monoisotopic (exact) mass is 300 g/mol. The van der Waals surface area contributed by atoms with E-state index in [0.717, 1.165) is 38.4 Å². The molecule has 0 N–H and O–H groups in total. The van der Waals surface area contributed by atoms with Crippen molar-refractivity contribution in [1.29, 1.82) is 0 Å². The van der Waals surface area contributed by atoms with Gasteiger partial charge >= 0.3 is 0 Å². The van der Waals surface area contributed by atoms with Gasteiger partial charge in [0.2, 0.25) is 5.89 Å². The molecule has 0 radical (unpaired) electrons. The highest BCUT2D eigenvalue weighted by molar-refractivity contribution is 5.12. The third-order valence-electron chi connectivity index (χ3n) is 4.64. The van der Waals surface area contributed by atoms with Crippen molar-refractivity contribution in [2.24, 2.45) is 0 Å². The number of fused-ring (bicyclic) bond motifs is 1. The summed E-state index contributed by atoms with van der Waals surface area (Å²) in [6, 6.07) is 4.64. The van der Waals surface area contributed by atoms with Crippen molar-refractivity contribution >= 4 is 0 Å². The van der Waals surface area contributed by atoms with Gasteiger partial charge < -0.3 is 9.26 Å². The minimum absolute atomic E-state index is 0.252. The van der Waals surface area contributed by atoms with Crippen LogP contribution in [0.5, 0.6) is 0 Å². The Labute approximate surface area is 129 Å². The van der Waals surface area contributed by atoms with E-state index in [4.69, 9.17) is 9.26 Å². The lowest BCUT2D eigenvalue weighted by Crippen LogP contribution is -2.48. The summed E-state index contributed by atoms with van der Waals surface area (Å²) in [6.07, 6.45) is 6.04. The van der Waals surface area contributed by atoms with Crippen LogP contribution in [0.3, 0.4) is 0 Å². The van der Waals surface area contributed by atoms with Crippen LogP contribution in [0.1, 0.15) is 36.0 Å². The normalized spacial score (nSPS) is 28.7. The van der Waals surface area contributed by atoms with Gasteiger partial charge in [-0.05, 0) is 37.5 Å². The fraction of sp³-hybridized carbons (Fsp3) is 0.562. The zero-order valence-electron chi connectivity index (χ0n) is 12.7. The molecule has 2 aromatic rings. The topological polar surface area (TPSA) is 64.3 Å². The van der Waals surface area contributed by atoms with Crippen LogP contribution in [0.4, 0.5) is 0 Å². The van der Waals surface area contributed by atoms with Crippen molar-refractivity contribution in [3.63, 3.8) is 0 Å². The summed E-state index contributed by atoms with van der Waals surface area (Å²) in [7, 11) is 0. The van der Waals surface area contributed by atoms with Crippen molar-refractivity contribution < 1.29 is 9.26 Å². The average molecular weight is 300 g/mol. The minimum Gasteiger partial charge on any atom is -0.377 e. The number of pyridine rings is 1. The molecule has 0 unspecified atom stereocenters. The van der Waals surface area contributed by atoms with Gasteiger partial charge in [0.25, 0.3) is 0 Å². The molecule has 0 spiro atoms. The molecule has 2 aliphatic heterocycles. The first-order valence-corrected chi connectivity index (χ1v) is 7.84. The molecule has 0 aliphatic carbocycles. The van der Waals surface area contributed by atoms with Gasteiger partial charge in [0, 0.05) is 38.1 Å². The van der Waals surface area contributed by atoms with Crippen LogP contribution < -0.4 is 0 Å². The van der Waals surface area contributed by atoms with Crippen LogP contribution >= 0.6 is 0 Å². The van der Waals surface area contributed by atoms with Gasteiger partial charge in [0.1, 0.15) is 0 Å². The zero-order chi connectivity index (χ0) is 14.9. The van der Waals surface area contributed by atoms with Gasteiger partial charge in [0.15, 0.2) is 5.82 Å². The summed E-state index contributed by atoms with van der Waals surface area (Å²) < 4.78 is 11.3. The number of likely N-dealkylation sites (tertiary alicyclic amines) is 1. The van der Waals surface area contributed by atoms with Crippen molar-refractivity contribution in [3.05, 3.63) is 41.8 Å². The number of ether oxygens (including phenoxy) is 1. The van der Waals surface area contributed by atoms with E-state index in [2.05, 4.69) is 32.2 Å². The Morgan fingerprint density at radius 1 is 1.32 bits per heavy atom. The second-order valence-electron chi connectivity index (χ2n) is 6.16. The highest BCUT2D eigenvalue weighted by atomic mass is 16.5. The van der Waals surface area contributed by atoms with E-state index in [1.165, 1.54) is 5.56 Å². The van der Waals surface area contributed by atoms with E-state index < -0.39 is 0 Å². The molecule has 0 aromatic carbocycles. The third-order valence-corrected chi connectivity index (χ3v) is 4.64. The molecule has 4 rings (SSSR count). The van der Waals surface area contributed by atoms with E-state index >= 15 is 0 Å². The maximum atomic E-state index is 5.94. The fourth-order valence-corrected chi connectivity index (χ4v) is 3.62. The molecular weight excluding hydrogens is 280 g/mol. The molecular formula is C16H20N4O2. The van der Waals surface area contributed by atoms with Crippen LogP contribution in [0, 0.1) is 6.92 Å². The van der Waals surface area contributed by atoms with Crippen molar-refractivity contribution in [2.75, 3.05) is 13.2 Å². The number of aryl methyl sites for hydroxylation is 1. The summed E-state index contributed by atoms with van der Waals surface area (Å²) in [6.45, 7) is 4.56. The standard InChI is InChI=1S/C16H20N4O2/c1-11-18-16(22-19-11)13-8-15-14(4-7-21-15)20(10-13)9-12-2-5-17-6-3-12/h2-3,5-6,13-15H,4,7-10H2,1H3/t13-,14+,15+/m0/s1. The molecule has 0 saturated carbocycles. The molecule has 2 aliphatic rings. The lowest BCUT2D eigenvalue weighted by atomic mass is 9.89. The Hall–Kier alpha value is -1.79. The lowest BCUT2D eigenvalue weighted by molar-refractivity contribution is 0.00846. The first-order chi connectivity index (χ1) is 10.8. The highest BCUT2D eigenvalue weighted by Gasteiger charge is 2.41. The van der Waals surface area contributed by atoms with E-state index in [1.54, 1.807) is 0 Å². The summed E-state index contributed by atoms with van der Waals surface area (Å²) in [5.74, 6) is 1.69. The van der Waals surface area contributed by atoms with Crippen LogP contribution in [0.25, 0.3) is 0 Å². The quantitative estimate of drug-likeness (QED) is 0.863. The molecule has 6 heteroatoms. The van der Waals surface area contributed by atoms with Gasteiger partial charge in [0.05, 0.1) is 12.0 Å². The number of hydrogen-bond acceptors (Lipinski definition) is 6. The smallest absolute Gasteiger partial charge is 0.231 e. The van der Waals surface area contributed by atoms with Gasteiger partial charge in [-0.15, -0.1) is 0 Å². The predicted molar refractivity (Wildman–Crippen MR) is 79.2 cm³/mol. The van der Waals surface area contributed by atoms with Crippen molar-refractivity contribution in [3.8, 4) is 0 Å². The number of rotatable bonds is 3.